The second-order valence-electron chi connectivity index (χ2n) is 8.66. The van der Waals surface area contributed by atoms with Gasteiger partial charge in [0.05, 0.1) is 5.52 Å². The normalized spacial score (nSPS) is 15.5. The van der Waals surface area contributed by atoms with Gasteiger partial charge in [0.25, 0.3) is 11.8 Å². The predicted molar refractivity (Wildman–Crippen MR) is 136 cm³/mol. The van der Waals surface area contributed by atoms with E-state index in [4.69, 9.17) is 0 Å². The van der Waals surface area contributed by atoms with Gasteiger partial charge >= 0.3 is 10.2 Å². The van der Waals surface area contributed by atoms with Crippen molar-refractivity contribution in [1.29, 1.82) is 0 Å². The zero-order valence-corrected chi connectivity index (χ0v) is 20.8. The highest BCUT2D eigenvalue weighted by atomic mass is 32.2. The Bertz CT molecular complexity index is 1370. The molecule has 0 bridgehead atoms. The number of carbonyl (C=O) groups excluding carboxylic acids is 2. The van der Waals surface area contributed by atoms with Crippen molar-refractivity contribution in [2.45, 2.75) is 0 Å². The first-order valence-electron chi connectivity index (χ1n) is 11.3. The second-order valence-corrected chi connectivity index (χ2v) is 10.7. The summed E-state index contributed by atoms with van der Waals surface area (Å²) in [6.07, 6.45) is 3.04. The summed E-state index contributed by atoms with van der Waals surface area (Å²) in [5, 5.41) is 3.42. The van der Waals surface area contributed by atoms with E-state index in [9.17, 15) is 18.0 Å². The number of para-hydroxylation sites is 1. The SMILES string of the molecule is CN1CCN(C(=O)/C(=C/c2cn(S(=O)(=O)N(C)C)c3ccccc23)NC(=O)c2ccccc2)CC1. The molecule has 10 heteroatoms. The van der Waals surface area contributed by atoms with Crippen molar-refractivity contribution < 1.29 is 18.0 Å². The van der Waals surface area contributed by atoms with E-state index in [-0.39, 0.29) is 11.6 Å². The molecule has 184 valence electrons. The Morgan fingerprint density at radius 3 is 2.23 bits per heavy atom. The third-order valence-electron chi connectivity index (χ3n) is 6.02. The average molecular weight is 496 g/mol. The van der Waals surface area contributed by atoms with Gasteiger partial charge in [-0.1, -0.05) is 36.4 Å². The Morgan fingerprint density at radius 2 is 1.57 bits per heavy atom. The molecule has 0 aliphatic carbocycles. The number of carbonyl (C=O) groups is 2. The molecule has 1 aliphatic heterocycles. The number of amides is 2. The van der Waals surface area contributed by atoms with Gasteiger partial charge < -0.3 is 15.1 Å². The smallest absolute Gasteiger partial charge is 0.307 e. The fraction of sp³-hybridized carbons (Fsp3) is 0.280. The lowest BCUT2D eigenvalue weighted by Gasteiger charge is -2.33. The molecular formula is C25H29N5O4S. The third kappa shape index (κ3) is 5.14. The Balaban J connectivity index is 1.80. The van der Waals surface area contributed by atoms with Crippen LogP contribution in [0.5, 0.6) is 0 Å². The Labute approximate surface area is 205 Å². The van der Waals surface area contributed by atoms with Gasteiger partial charge in [0.1, 0.15) is 5.70 Å². The molecule has 1 N–H and O–H groups in total. The number of nitrogens with one attached hydrogen (secondary N) is 1. The van der Waals surface area contributed by atoms with E-state index in [1.54, 1.807) is 59.5 Å². The van der Waals surface area contributed by atoms with Crippen LogP contribution in [0.3, 0.4) is 0 Å². The molecule has 2 amide bonds. The van der Waals surface area contributed by atoms with Crippen LogP contribution in [0.25, 0.3) is 17.0 Å². The van der Waals surface area contributed by atoms with Crippen LogP contribution in [0.15, 0.2) is 66.5 Å². The monoisotopic (exact) mass is 495 g/mol. The first kappa shape index (κ1) is 24.6. The van der Waals surface area contributed by atoms with Gasteiger partial charge in [0.2, 0.25) is 0 Å². The summed E-state index contributed by atoms with van der Waals surface area (Å²) in [5.41, 5.74) is 1.50. The molecule has 2 heterocycles. The van der Waals surface area contributed by atoms with Gasteiger partial charge in [-0.25, -0.2) is 3.97 Å². The Kier molecular flexibility index (Phi) is 7.06. The summed E-state index contributed by atoms with van der Waals surface area (Å²) in [6.45, 7) is 2.52. The van der Waals surface area contributed by atoms with Crippen molar-refractivity contribution >= 4 is 39.0 Å². The van der Waals surface area contributed by atoms with Crippen LogP contribution >= 0.6 is 0 Å². The Morgan fingerprint density at radius 1 is 0.943 bits per heavy atom. The van der Waals surface area contributed by atoms with Gasteiger partial charge in [0, 0.05) is 63.0 Å². The maximum absolute atomic E-state index is 13.5. The lowest BCUT2D eigenvalue weighted by molar-refractivity contribution is -0.128. The number of rotatable bonds is 6. The average Bonchev–Trinajstić information content (AvgIpc) is 3.23. The quantitative estimate of drug-likeness (QED) is 0.527. The number of benzene rings is 2. The maximum Gasteiger partial charge on any atom is 0.307 e. The summed E-state index contributed by atoms with van der Waals surface area (Å²) < 4.78 is 28.2. The molecule has 1 aliphatic rings. The van der Waals surface area contributed by atoms with Gasteiger partial charge in [-0.3, -0.25) is 9.59 Å². The van der Waals surface area contributed by atoms with E-state index in [1.807, 2.05) is 13.1 Å². The first-order chi connectivity index (χ1) is 16.7. The van der Waals surface area contributed by atoms with E-state index < -0.39 is 16.1 Å². The number of aromatic nitrogens is 1. The summed E-state index contributed by atoms with van der Waals surface area (Å²) in [6, 6.07) is 15.7. The van der Waals surface area contributed by atoms with E-state index in [0.29, 0.717) is 35.1 Å². The standard InChI is InChI=1S/C25H29N5O4S/c1-27(2)35(33,34)30-18-20(21-11-7-8-12-23(21)30)17-22(25(32)29-15-13-28(3)14-16-29)26-24(31)19-9-5-4-6-10-19/h4-12,17-18H,13-16H2,1-3H3,(H,26,31)/b22-17-. The number of likely N-dealkylation sites (N-methyl/N-ethyl adjacent to an activating group) is 1. The van der Waals surface area contributed by atoms with Crippen LogP contribution in [0, 0.1) is 0 Å². The van der Waals surface area contributed by atoms with Crippen LogP contribution in [-0.2, 0) is 15.0 Å². The summed E-state index contributed by atoms with van der Waals surface area (Å²) in [5.74, 6) is -0.723. The van der Waals surface area contributed by atoms with E-state index in [1.165, 1.54) is 24.3 Å². The molecule has 0 saturated carbocycles. The minimum atomic E-state index is -3.80. The van der Waals surface area contributed by atoms with Gasteiger partial charge in [-0.05, 0) is 31.3 Å². The van der Waals surface area contributed by atoms with Crippen LogP contribution in [0.4, 0.5) is 0 Å². The third-order valence-corrected chi connectivity index (χ3v) is 7.75. The fourth-order valence-corrected chi connectivity index (χ4v) is 4.93. The largest absolute Gasteiger partial charge is 0.335 e. The molecule has 3 aromatic rings. The van der Waals surface area contributed by atoms with Crippen molar-refractivity contribution in [1.82, 2.24) is 23.4 Å². The Hall–Kier alpha value is -3.47. The number of hydrogen-bond donors (Lipinski definition) is 1. The molecule has 0 atom stereocenters. The summed E-state index contributed by atoms with van der Waals surface area (Å²) in [4.78, 5) is 30.3. The van der Waals surface area contributed by atoms with Crippen molar-refractivity contribution in [3.63, 3.8) is 0 Å². The number of nitrogens with zero attached hydrogens (tertiary/aromatic N) is 4. The van der Waals surface area contributed by atoms with Crippen molar-refractivity contribution in [3.8, 4) is 0 Å². The van der Waals surface area contributed by atoms with Crippen molar-refractivity contribution in [2.75, 3.05) is 47.3 Å². The molecule has 1 saturated heterocycles. The molecule has 35 heavy (non-hydrogen) atoms. The summed E-state index contributed by atoms with van der Waals surface area (Å²) in [7, 11) is 1.12. The number of fused-ring (bicyclic) bond motifs is 1. The molecule has 0 radical (unpaired) electrons. The molecule has 1 fully saturated rings. The van der Waals surface area contributed by atoms with Gasteiger partial charge in [-0.15, -0.1) is 0 Å². The van der Waals surface area contributed by atoms with E-state index in [2.05, 4.69) is 10.2 Å². The number of piperazine rings is 1. The molecule has 4 rings (SSSR count). The fourth-order valence-electron chi connectivity index (χ4n) is 3.93. The van der Waals surface area contributed by atoms with Gasteiger partial charge in [-0.2, -0.15) is 12.7 Å². The molecule has 1 aromatic heterocycles. The van der Waals surface area contributed by atoms with Crippen molar-refractivity contribution in [2.24, 2.45) is 0 Å². The van der Waals surface area contributed by atoms with Crippen LogP contribution < -0.4 is 5.32 Å². The highest BCUT2D eigenvalue weighted by Gasteiger charge is 2.25. The molecule has 2 aromatic carbocycles. The lowest BCUT2D eigenvalue weighted by atomic mass is 10.1. The maximum atomic E-state index is 13.5. The topological polar surface area (TPSA) is 95.0 Å². The van der Waals surface area contributed by atoms with Crippen LogP contribution in [0.1, 0.15) is 15.9 Å². The van der Waals surface area contributed by atoms with Crippen LogP contribution in [-0.4, -0.2) is 85.6 Å². The number of hydrogen-bond acceptors (Lipinski definition) is 5. The minimum Gasteiger partial charge on any atom is -0.335 e. The first-order valence-corrected chi connectivity index (χ1v) is 12.7. The van der Waals surface area contributed by atoms with Crippen molar-refractivity contribution in [3.05, 3.63) is 77.6 Å². The molecule has 0 unspecified atom stereocenters. The lowest BCUT2D eigenvalue weighted by Crippen LogP contribution is -2.49. The van der Waals surface area contributed by atoms with Gasteiger partial charge in [0.15, 0.2) is 0 Å². The highest BCUT2D eigenvalue weighted by Crippen LogP contribution is 2.26. The minimum absolute atomic E-state index is 0.0913. The second kappa shape index (κ2) is 10.0. The molecular weight excluding hydrogens is 466 g/mol. The zero-order valence-electron chi connectivity index (χ0n) is 20.0. The van der Waals surface area contributed by atoms with E-state index in [0.717, 1.165) is 17.4 Å². The van der Waals surface area contributed by atoms with E-state index >= 15 is 0 Å². The predicted octanol–water partition coefficient (Wildman–Crippen LogP) is 1.84. The molecule has 9 nitrogen and oxygen atoms in total. The highest BCUT2D eigenvalue weighted by molar-refractivity contribution is 7.87. The molecule has 0 spiro atoms. The van der Waals surface area contributed by atoms with Crippen LogP contribution in [0.2, 0.25) is 0 Å². The summed E-state index contributed by atoms with van der Waals surface area (Å²) >= 11 is 0. The zero-order chi connectivity index (χ0) is 25.2.